The van der Waals surface area contributed by atoms with Crippen LogP contribution < -0.4 is 0 Å². The minimum absolute atomic E-state index is 0.203. The highest BCUT2D eigenvalue weighted by atomic mass is 19.4. The summed E-state index contributed by atoms with van der Waals surface area (Å²) in [5.41, 5.74) is -2.36. The van der Waals surface area contributed by atoms with Gasteiger partial charge in [-0.05, 0) is 6.92 Å². The van der Waals surface area contributed by atoms with Gasteiger partial charge in [0.25, 0.3) is 5.92 Å². The lowest BCUT2D eigenvalue weighted by molar-refractivity contribution is -0.353. The van der Waals surface area contributed by atoms with Gasteiger partial charge in [-0.25, -0.2) is 23.5 Å². The number of carbonyl (C=O) groups excluding carboxylic acids is 1. The smallest absolute Gasteiger partial charge is 0.454 e. The number of carbonyl (C=O) groups is 1. The van der Waals surface area contributed by atoms with E-state index < -0.39 is 41.8 Å². The van der Waals surface area contributed by atoms with Gasteiger partial charge in [-0.15, -0.1) is 0 Å². The van der Waals surface area contributed by atoms with E-state index in [9.17, 15) is 26.7 Å². The van der Waals surface area contributed by atoms with Crippen LogP contribution in [0.4, 0.5) is 26.3 Å². The maximum atomic E-state index is 15.1. The van der Waals surface area contributed by atoms with E-state index in [1.54, 1.807) is 6.07 Å². The molecule has 2 aromatic rings. The van der Waals surface area contributed by atoms with Gasteiger partial charge in [0.05, 0.1) is 6.61 Å². The van der Waals surface area contributed by atoms with E-state index in [4.69, 9.17) is 0 Å². The van der Waals surface area contributed by atoms with Crippen molar-refractivity contribution in [1.82, 2.24) is 9.97 Å². The van der Waals surface area contributed by atoms with Crippen molar-refractivity contribution in [2.24, 2.45) is 0 Å². The lowest BCUT2D eigenvalue weighted by Gasteiger charge is -2.29. The molecule has 0 N–H and O–H groups in total. The minimum atomic E-state index is -5.83. The average molecular weight is 422 g/mol. The number of benzene rings is 1. The molecule has 0 amide bonds. The Morgan fingerprint density at radius 1 is 1.07 bits per heavy atom. The normalized spacial score (nSPS) is 14.3. The molecule has 0 aliphatic carbocycles. The molecule has 2 rings (SSSR count). The standard InChI is InChI=1S/C18H16F6N2O3/c1-3-28-15(27)12-9-25-14(11-7-5-4-6-8-11)26-13(12)17(21,18(22,23)24)29-10-16(2,19)20/h4-9H,3,10H2,1-2H3. The molecule has 1 atom stereocenters. The fourth-order valence-electron chi connectivity index (χ4n) is 2.22. The van der Waals surface area contributed by atoms with Crippen molar-refractivity contribution < 1.29 is 40.6 Å². The summed E-state index contributed by atoms with van der Waals surface area (Å²) in [6.07, 6.45) is -5.20. The van der Waals surface area contributed by atoms with Crippen molar-refractivity contribution >= 4 is 5.97 Å². The molecule has 0 radical (unpaired) electrons. The van der Waals surface area contributed by atoms with Crippen LogP contribution in [0.25, 0.3) is 11.4 Å². The fraction of sp³-hybridized carbons (Fsp3) is 0.389. The zero-order chi connectivity index (χ0) is 21.9. The summed E-state index contributed by atoms with van der Waals surface area (Å²) >= 11 is 0. The van der Waals surface area contributed by atoms with Crippen LogP contribution in [0.5, 0.6) is 0 Å². The number of hydrogen-bond acceptors (Lipinski definition) is 5. The summed E-state index contributed by atoms with van der Waals surface area (Å²) in [5.74, 6) is -10.3. The van der Waals surface area contributed by atoms with Crippen molar-refractivity contribution in [3.05, 3.63) is 47.8 Å². The zero-order valence-electron chi connectivity index (χ0n) is 15.3. The van der Waals surface area contributed by atoms with Gasteiger partial charge in [0.2, 0.25) is 0 Å². The lowest BCUT2D eigenvalue weighted by Crippen LogP contribution is -2.45. The van der Waals surface area contributed by atoms with Crippen molar-refractivity contribution in [2.45, 2.75) is 31.8 Å². The van der Waals surface area contributed by atoms with Gasteiger partial charge >= 0.3 is 18.0 Å². The van der Waals surface area contributed by atoms with Gasteiger partial charge in [-0.3, -0.25) is 0 Å². The number of halogens is 6. The highest BCUT2D eigenvalue weighted by molar-refractivity contribution is 5.90. The SMILES string of the molecule is CCOC(=O)c1cnc(-c2ccccc2)nc1C(F)(OCC(C)(F)F)C(F)(F)F. The Morgan fingerprint density at radius 3 is 2.21 bits per heavy atom. The van der Waals surface area contributed by atoms with Crippen LogP contribution in [0.15, 0.2) is 36.5 Å². The lowest BCUT2D eigenvalue weighted by atomic mass is 10.1. The Hall–Kier alpha value is -2.69. The molecule has 158 valence electrons. The molecule has 29 heavy (non-hydrogen) atoms. The molecule has 1 heterocycles. The number of aromatic nitrogens is 2. The molecule has 0 aliphatic heterocycles. The van der Waals surface area contributed by atoms with E-state index in [-0.39, 0.29) is 24.9 Å². The molecule has 1 aromatic heterocycles. The van der Waals surface area contributed by atoms with Gasteiger partial charge in [-0.2, -0.15) is 17.6 Å². The van der Waals surface area contributed by atoms with Crippen LogP contribution in [-0.4, -0.2) is 41.2 Å². The Balaban J connectivity index is 2.69. The highest BCUT2D eigenvalue weighted by Crippen LogP contribution is 2.45. The van der Waals surface area contributed by atoms with Crippen LogP contribution in [-0.2, 0) is 15.3 Å². The molecule has 0 aliphatic rings. The minimum Gasteiger partial charge on any atom is -0.462 e. The second-order valence-corrected chi connectivity index (χ2v) is 5.99. The maximum Gasteiger partial charge on any atom is 0.454 e. The summed E-state index contributed by atoms with van der Waals surface area (Å²) in [6, 6.07) is 7.52. The Kier molecular flexibility index (Phi) is 6.51. The number of ether oxygens (including phenoxy) is 2. The van der Waals surface area contributed by atoms with Crippen molar-refractivity contribution in [2.75, 3.05) is 13.2 Å². The molecule has 0 saturated heterocycles. The van der Waals surface area contributed by atoms with E-state index >= 15 is 4.39 Å². The van der Waals surface area contributed by atoms with Gasteiger partial charge in [-0.1, -0.05) is 30.3 Å². The summed E-state index contributed by atoms with van der Waals surface area (Å²) < 4.78 is 90.6. The first-order valence-electron chi connectivity index (χ1n) is 8.26. The van der Waals surface area contributed by atoms with Crippen molar-refractivity contribution in [3.8, 4) is 11.4 Å². The maximum absolute atomic E-state index is 15.1. The van der Waals surface area contributed by atoms with Crippen LogP contribution >= 0.6 is 0 Å². The molecule has 5 nitrogen and oxygen atoms in total. The van der Waals surface area contributed by atoms with Crippen LogP contribution in [0.2, 0.25) is 0 Å². The van der Waals surface area contributed by atoms with Gasteiger partial charge < -0.3 is 9.47 Å². The van der Waals surface area contributed by atoms with E-state index in [2.05, 4.69) is 19.4 Å². The number of esters is 1. The Labute approximate surface area is 161 Å². The average Bonchev–Trinajstić information content (AvgIpc) is 2.65. The Bertz CT molecular complexity index is 855. The van der Waals surface area contributed by atoms with Crippen LogP contribution in [0.1, 0.15) is 29.9 Å². The highest BCUT2D eigenvalue weighted by Gasteiger charge is 2.62. The van der Waals surface area contributed by atoms with Gasteiger partial charge in [0, 0.05) is 18.7 Å². The number of nitrogens with zero attached hydrogens (tertiary/aromatic N) is 2. The molecular formula is C18H16F6N2O3. The van der Waals surface area contributed by atoms with Crippen LogP contribution in [0.3, 0.4) is 0 Å². The first kappa shape index (κ1) is 22.6. The summed E-state index contributed by atoms with van der Waals surface area (Å²) in [7, 11) is 0. The summed E-state index contributed by atoms with van der Waals surface area (Å²) in [6.45, 7) is -0.517. The summed E-state index contributed by atoms with van der Waals surface area (Å²) in [5, 5.41) is 0. The van der Waals surface area contributed by atoms with E-state index in [1.807, 2.05) is 0 Å². The molecule has 0 saturated carbocycles. The second kappa shape index (κ2) is 8.36. The predicted octanol–water partition coefficient (Wildman–Crippen LogP) is 4.68. The van der Waals surface area contributed by atoms with Crippen molar-refractivity contribution in [1.29, 1.82) is 0 Å². The fourth-order valence-corrected chi connectivity index (χ4v) is 2.22. The summed E-state index contributed by atoms with van der Waals surface area (Å²) in [4.78, 5) is 19.3. The third-order valence-corrected chi connectivity index (χ3v) is 3.51. The van der Waals surface area contributed by atoms with E-state index in [1.165, 1.54) is 31.2 Å². The second-order valence-electron chi connectivity index (χ2n) is 5.99. The first-order chi connectivity index (χ1) is 13.4. The third kappa shape index (κ3) is 5.22. The number of alkyl halides is 6. The number of rotatable bonds is 7. The molecule has 0 fully saturated rings. The topological polar surface area (TPSA) is 61.3 Å². The van der Waals surface area contributed by atoms with Crippen molar-refractivity contribution in [3.63, 3.8) is 0 Å². The molecular weight excluding hydrogens is 406 g/mol. The largest absolute Gasteiger partial charge is 0.462 e. The molecule has 11 heteroatoms. The number of hydrogen-bond donors (Lipinski definition) is 0. The molecule has 0 bridgehead atoms. The zero-order valence-corrected chi connectivity index (χ0v) is 15.3. The molecule has 0 spiro atoms. The van der Waals surface area contributed by atoms with Crippen LogP contribution in [0, 0.1) is 0 Å². The first-order valence-corrected chi connectivity index (χ1v) is 8.26. The molecule has 1 aromatic carbocycles. The van der Waals surface area contributed by atoms with Gasteiger partial charge in [0.15, 0.2) is 5.82 Å². The third-order valence-electron chi connectivity index (χ3n) is 3.51. The predicted molar refractivity (Wildman–Crippen MR) is 88.8 cm³/mol. The van der Waals surface area contributed by atoms with E-state index in [0.29, 0.717) is 6.20 Å². The van der Waals surface area contributed by atoms with Gasteiger partial charge in [0.1, 0.15) is 17.9 Å². The quantitative estimate of drug-likeness (QED) is 0.479. The monoisotopic (exact) mass is 422 g/mol. The van der Waals surface area contributed by atoms with E-state index in [0.717, 1.165) is 0 Å². The molecule has 1 unspecified atom stereocenters. The Morgan fingerprint density at radius 2 is 1.69 bits per heavy atom.